The summed E-state index contributed by atoms with van der Waals surface area (Å²) in [5.41, 5.74) is 0.817. The number of benzene rings is 2. The van der Waals surface area contributed by atoms with Crippen molar-refractivity contribution in [1.29, 1.82) is 0 Å². The van der Waals surface area contributed by atoms with E-state index in [0.717, 1.165) is 17.7 Å². The minimum atomic E-state index is -3.62. The highest BCUT2D eigenvalue weighted by Gasteiger charge is 2.13. The second kappa shape index (κ2) is 8.68. The van der Waals surface area contributed by atoms with Gasteiger partial charge < -0.3 is 5.32 Å². The number of hydrogen-bond donors (Lipinski definition) is 2. The van der Waals surface area contributed by atoms with Crippen LogP contribution in [0.25, 0.3) is 0 Å². The van der Waals surface area contributed by atoms with Gasteiger partial charge in [0.1, 0.15) is 11.6 Å². The highest BCUT2D eigenvalue weighted by Crippen LogP contribution is 2.14. The third-order valence-electron chi connectivity index (χ3n) is 3.38. The van der Waals surface area contributed by atoms with Gasteiger partial charge in [0.15, 0.2) is 0 Å². The van der Waals surface area contributed by atoms with Gasteiger partial charge in [-0.2, -0.15) is 0 Å². The van der Waals surface area contributed by atoms with Crippen LogP contribution in [-0.4, -0.2) is 26.6 Å². The van der Waals surface area contributed by atoms with Gasteiger partial charge in [-0.25, -0.2) is 21.9 Å². The summed E-state index contributed by atoms with van der Waals surface area (Å²) in [6, 6.07) is 12.1. The Labute approximate surface area is 145 Å². The van der Waals surface area contributed by atoms with Gasteiger partial charge in [0.05, 0.1) is 18.0 Å². The Kier molecular flexibility index (Phi) is 6.60. The van der Waals surface area contributed by atoms with Crippen molar-refractivity contribution in [1.82, 2.24) is 4.72 Å². The van der Waals surface area contributed by atoms with Crippen LogP contribution in [0.15, 0.2) is 48.5 Å². The molecule has 8 heteroatoms. The Hall–Kier alpha value is -2.32. The van der Waals surface area contributed by atoms with Crippen LogP contribution in [0.1, 0.15) is 12.0 Å². The number of halogens is 2. The van der Waals surface area contributed by atoms with E-state index in [4.69, 9.17) is 0 Å². The van der Waals surface area contributed by atoms with Crippen LogP contribution in [0.5, 0.6) is 0 Å². The third kappa shape index (κ3) is 6.60. The van der Waals surface area contributed by atoms with Gasteiger partial charge in [0.2, 0.25) is 15.9 Å². The molecule has 0 aromatic heterocycles. The molecule has 0 heterocycles. The molecule has 0 bridgehead atoms. The van der Waals surface area contributed by atoms with Crippen molar-refractivity contribution in [3.8, 4) is 0 Å². The minimum Gasteiger partial charge on any atom is -0.322 e. The van der Waals surface area contributed by atoms with E-state index in [0.29, 0.717) is 18.9 Å². The molecular weight excluding hydrogens is 350 g/mol. The Morgan fingerprint density at radius 1 is 1.04 bits per heavy atom. The van der Waals surface area contributed by atoms with E-state index < -0.39 is 34.1 Å². The van der Waals surface area contributed by atoms with Crippen LogP contribution in [0, 0.1) is 11.6 Å². The van der Waals surface area contributed by atoms with Crippen molar-refractivity contribution in [2.24, 2.45) is 0 Å². The Bertz CT molecular complexity index is 827. The molecule has 0 aliphatic heterocycles. The summed E-state index contributed by atoms with van der Waals surface area (Å²) in [7, 11) is -3.62. The molecule has 25 heavy (non-hydrogen) atoms. The molecule has 1 amide bonds. The first-order valence-corrected chi connectivity index (χ1v) is 9.27. The summed E-state index contributed by atoms with van der Waals surface area (Å²) in [4.78, 5) is 11.7. The minimum absolute atomic E-state index is 0.125. The largest absolute Gasteiger partial charge is 0.322 e. The third-order valence-corrected chi connectivity index (χ3v) is 4.79. The highest BCUT2D eigenvalue weighted by atomic mass is 32.2. The summed E-state index contributed by atoms with van der Waals surface area (Å²) in [5.74, 6) is -2.56. The Morgan fingerprint density at radius 3 is 2.44 bits per heavy atom. The van der Waals surface area contributed by atoms with E-state index in [9.17, 15) is 22.0 Å². The number of sulfonamides is 1. The Morgan fingerprint density at radius 2 is 1.76 bits per heavy atom. The smallest absolute Gasteiger partial charge is 0.239 e. The lowest BCUT2D eigenvalue weighted by Gasteiger charge is -2.08. The first-order chi connectivity index (χ1) is 11.9. The van der Waals surface area contributed by atoms with E-state index in [1.165, 1.54) is 0 Å². The maximum Gasteiger partial charge on any atom is 0.239 e. The predicted molar refractivity (Wildman–Crippen MR) is 91.5 cm³/mol. The lowest BCUT2D eigenvalue weighted by molar-refractivity contribution is -0.115. The van der Waals surface area contributed by atoms with Gasteiger partial charge in [0, 0.05) is 6.07 Å². The molecule has 0 atom stereocenters. The molecule has 0 spiro atoms. The number of rotatable bonds is 8. The van der Waals surface area contributed by atoms with Gasteiger partial charge in [-0.1, -0.05) is 30.3 Å². The zero-order valence-electron chi connectivity index (χ0n) is 13.3. The van der Waals surface area contributed by atoms with Gasteiger partial charge in [0.25, 0.3) is 0 Å². The summed E-state index contributed by atoms with van der Waals surface area (Å²) >= 11 is 0. The zero-order chi connectivity index (χ0) is 18.3. The van der Waals surface area contributed by atoms with Crippen LogP contribution < -0.4 is 10.0 Å². The van der Waals surface area contributed by atoms with E-state index in [1.807, 2.05) is 30.3 Å². The van der Waals surface area contributed by atoms with E-state index >= 15 is 0 Å². The standard InChI is InChI=1S/C17H18F2N2O3S/c18-14-8-9-16(15(19)11-14)21-17(22)12-20-25(23,24)10-4-7-13-5-2-1-3-6-13/h1-3,5-6,8-9,11,20H,4,7,10,12H2,(H,21,22). The van der Waals surface area contributed by atoms with Gasteiger partial charge >= 0.3 is 0 Å². The van der Waals surface area contributed by atoms with Crippen molar-refractivity contribution in [2.75, 3.05) is 17.6 Å². The van der Waals surface area contributed by atoms with Crippen molar-refractivity contribution < 1.29 is 22.0 Å². The Balaban J connectivity index is 1.77. The molecule has 134 valence electrons. The molecular formula is C17H18F2N2O3S. The van der Waals surface area contributed by atoms with Crippen LogP contribution >= 0.6 is 0 Å². The fourth-order valence-electron chi connectivity index (χ4n) is 2.14. The second-order valence-corrected chi connectivity index (χ2v) is 7.33. The number of carbonyl (C=O) groups is 1. The van der Waals surface area contributed by atoms with Crippen LogP contribution in [0.4, 0.5) is 14.5 Å². The molecule has 5 nitrogen and oxygen atoms in total. The first-order valence-electron chi connectivity index (χ1n) is 7.62. The van der Waals surface area contributed by atoms with Crippen molar-refractivity contribution in [3.63, 3.8) is 0 Å². The fourth-order valence-corrected chi connectivity index (χ4v) is 3.16. The van der Waals surface area contributed by atoms with Gasteiger partial charge in [-0.15, -0.1) is 0 Å². The summed E-state index contributed by atoms with van der Waals surface area (Å²) < 4.78 is 52.1. The van der Waals surface area contributed by atoms with E-state index in [2.05, 4.69) is 10.0 Å². The molecule has 2 aromatic rings. The van der Waals surface area contributed by atoms with Crippen LogP contribution in [-0.2, 0) is 21.2 Å². The number of hydrogen-bond acceptors (Lipinski definition) is 3. The molecule has 0 saturated carbocycles. The van der Waals surface area contributed by atoms with Gasteiger partial charge in [-0.3, -0.25) is 4.79 Å². The number of carbonyl (C=O) groups excluding carboxylic acids is 1. The van der Waals surface area contributed by atoms with E-state index in [1.54, 1.807) is 0 Å². The molecule has 0 radical (unpaired) electrons. The molecule has 2 aromatic carbocycles. The topological polar surface area (TPSA) is 75.3 Å². The average molecular weight is 368 g/mol. The van der Waals surface area contributed by atoms with Gasteiger partial charge in [-0.05, 0) is 30.5 Å². The van der Waals surface area contributed by atoms with Crippen molar-refractivity contribution >= 4 is 21.6 Å². The number of nitrogens with one attached hydrogen (secondary N) is 2. The van der Waals surface area contributed by atoms with Crippen LogP contribution in [0.3, 0.4) is 0 Å². The fraction of sp³-hybridized carbons (Fsp3) is 0.235. The lowest BCUT2D eigenvalue weighted by atomic mass is 10.1. The molecule has 2 N–H and O–H groups in total. The molecule has 0 fully saturated rings. The average Bonchev–Trinajstić information content (AvgIpc) is 2.57. The van der Waals surface area contributed by atoms with Crippen LogP contribution in [0.2, 0.25) is 0 Å². The zero-order valence-corrected chi connectivity index (χ0v) is 14.2. The maximum atomic E-state index is 13.4. The molecule has 0 aliphatic carbocycles. The van der Waals surface area contributed by atoms with Crippen molar-refractivity contribution in [2.45, 2.75) is 12.8 Å². The molecule has 2 rings (SSSR count). The molecule has 0 unspecified atom stereocenters. The number of aryl methyl sites for hydroxylation is 1. The normalized spacial score (nSPS) is 11.3. The SMILES string of the molecule is O=C(CNS(=O)(=O)CCCc1ccccc1)Nc1ccc(F)cc1F. The monoisotopic (exact) mass is 368 g/mol. The predicted octanol–water partition coefficient (Wildman–Crippen LogP) is 2.46. The number of amides is 1. The van der Waals surface area contributed by atoms with E-state index in [-0.39, 0.29) is 11.4 Å². The summed E-state index contributed by atoms with van der Waals surface area (Å²) in [6.45, 7) is -0.523. The second-order valence-electron chi connectivity index (χ2n) is 5.40. The quantitative estimate of drug-likeness (QED) is 0.752. The lowest BCUT2D eigenvalue weighted by Crippen LogP contribution is -2.34. The summed E-state index contributed by atoms with van der Waals surface area (Å²) in [6.07, 6.45) is 1.02. The highest BCUT2D eigenvalue weighted by molar-refractivity contribution is 7.89. The maximum absolute atomic E-state index is 13.4. The number of anilines is 1. The molecule has 0 aliphatic rings. The summed E-state index contributed by atoms with van der Waals surface area (Å²) in [5, 5.41) is 2.18. The van der Waals surface area contributed by atoms with Crippen molar-refractivity contribution in [3.05, 3.63) is 65.7 Å². The first kappa shape index (κ1) is 19.0. The molecule has 0 saturated heterocycles.